The quantitative estimate of drug-likeness (QED) is 0.582. The number of methoxy groups -OCH3 is 1. The highest BCUT2D eigenvalue weighted by atomic mass is 16.5. The molecule has 20 heavy (non-hydrogen) atoms. The van der Waals surface area contributed by atoms with Gasteiger partial charge >= 0.3 is 6.03 Å². The van der Waals surface area contributed by atoms with Crippen LogP contribution in [0, 0.1) is 5.41 Å². The topological polar surface area (TPSA) is 91.4 Å². The van der Waals surface area contributed by atoms with Gasteiger partial charge in [-0.05, 0) is 31.4 Å². The number of nitrogens with zero attached hydrogens (tertiary/aromatic N) is 1. The number of piperidine rings is 1. The summed E-state index contributed by atoms with van der Waals surface area (Å²) in [5.41, 5.74) is 6.48. The van der Waals surface area contributed by atoms with Crippen LogP contribution in [0.3, 0.4) is 0 Å². The van der Waals surface area contributed by atoms with Crippen molar-refractivity contribution in [2.24, 2.45) is 5.73 Å². The second kappa shape index (κ2) is 6.27. The molecule has 1 saturated heterocycles. The van der Waals surface area contributed by atoms with Gasteiger partial charge in [0.15, 0.2) is 0 Å². The minimum absolute atomic E-state index is 0.0992. The summed E-state index contributed by atoms with van der Waals surface area (Å²) in [6.07, 6.45) is 3.22. The molecule has 6 heteroatoms. The van der Waals surface area contributed by atoms with Crippen molar-refractivity contribution in [3.05, 3.63) is 23.8 Å². The van der Waals surface area contributed by atoms with Gasteiger partial charge in [0.25, 0.3) is 0 Å². The summed E-state index contributed by atoms with van der Waals surface area (Å²) in [5, 5.41) is 10.4. The number of rotatable bonds is 3. The number of nitrogen functional groups attached to an aromatic ring is 1. The molecule has 1 heterocycles. The van der Waals surface area contributed by atoms with Crippen LogP contribution in [0.1, 0.15) is 24.8 Å². The second-order valence-electron chi connectivity index (χ2n) is 4.77. The Bertz CT molecular complexity index is 510. The average Bonchev–Trinajstić information content (AvgIpc) is 2.48. The Labute approximate surface area is 118 Å². The molecule has 0 saturated carbocycles. The van der Waals surface area contributed by atoms with Gasteiger partial charge in [-0.1, -0.05) is 6.07 Å². The van der Waals surface area contributed by atoms with Crippen molar-refractivity contribution in [3.63, 3.8) is 0 Å². The monoisotopic (exact) mass is 276 g/mol. The van der Waals surface area contributed by atoms with Gasteiger partial charge in [0.2, 0.25) is 0 Å². The fraction of sp³-hybridized carbons (Fsp3) is 0.429. The Balaban J connectivity index is 2.22. The molecule has 1 aromatic carbocycles. The molecule has 1 aliphatic rings. The summed E-state index contributed by atoms with van der Waals surface area (Å²) in [4.78, 5) is 14.0. The first-order chi connectivity index (χ1) is 9.63. The van der Waals surface area contributed by atoms with E-state index in [0.717, 1.165) is 32.4 Å². The van der Waals surface area contributed by atoms with E-state index in [9.17, 15) is 4.79 Å². The van der Waals surface area contributed by atoms with Crippen molar-refractivity contribution < 1.29 is 9.53 Å². The minimum atomic E-state index is -0.170. The Kier molecular flexibility index (Phi) is 4.45. The number of ether oxygens (including phenoxy) is 1. The van der Waals surface area contributed by atoms with Gasteiger partial charge in [-0.15, -0.1) is 0 Å². The van der Waals surface area contributed by atoms with E-state index in [4.69, 9.17) is 15.9 Å². The number of para-hydroxylation sites is 1. The number of carbonyl (C=O) groups excluding carboxylic acids is 1. The third-order valence-electron chi connectivity index (χ3n) is 3.41. The normalized spacial score (nSPS) is 14.8. The van der Waals surface area contributed by atoms with Crippen molar-refractivity contribution in [1.29, 1.82) is 5.41 Å². The highest BCUT2D eigenvalue weighted by molar-refractivity contribution is 6.05. The summed E-state index contributed by atoms with van der Waals surface area (Å²) in [7, 11) is 1.52. The fourth-order valence-electron chi connectivity index (χ4n) is 2.34. The van der Waals surface area contributed by atoms with Crippen LogP contribution >= 0.6 is 0 Å². The fourth-order valence-corrected chi connectivity index (χ4v) is 2.34. The first-order valence-electron chi connectivity index (χ1n) is 6.71. The van der Waals surface area contributed by atoms with Gasteiger partial charge in [0, 0.05) is 18.7 Å². The summed E-state index contributed by atoms with van der Waals surface area (Å²) in [6, 6.07) is 5.00. The standard InChI is InChI=1S/C14H20N4O2/c1-20-11-7-5-6-10(13(15)16)12(11)17-14(19)18-8-3-2-4-9-18/h5-7H,2-4,8-9H2,1H3,(H3,15,16)(H,17,19). The molecule has 6 nitrogen and oxygen atoms in total. The Morgan fingerprint density at radius 1 is 1.35 bits per heavy atom. The molecule has 0 unspecified atom stereocenters. The zero-order valence-corrected chi connectivity index (χ0v) is 11.6. The van der Waals surface area contributed by atoms with E-state index < -0.39 is 0 Å². The molecule has 108 valence electrons. The predicted octanol–water partition coefficient (Wildman–Crippen LogP) is 2.00. The van der Waals surface area contributed by atoms with Crippen LogP contribution in [0.2, 0.25) is 0 Å². The van der Waals surface area contributed by atoms with Crippen LogP contribution in [0.15, 0.2) is 18.2 Å². The number of anilines is 1. The van der Waals surface area contributed by atoms with E-state index in [1.54, 1.807) is 23.1 Å². The first-order valence-corrected chi connectivity index (χ1v) is 6.71. The van der Waals surface area contributed by atoms with Gasteiger partial charge in [-0.2, -0.15) is 0 Å². The van der Waals surface area contributed by atoms with Crippen molar-refractivity contribution in [3.8, 4) is 5.75 Å². The van der Waals surface area contributed by atoms with Crippen LogP contribution < -0.4 is 15.8 Å². The lowest BCUT2D eigenvalue weighted by atomic mass is 10.1. The van der Waals surface area contributed by atoms with Gasteiger partial charge in [0.1, 0.15) is 11.6 Å². The van der Waals surface area contributed by atoms with Crippen LogP contribution in [0.5, 0.6) is 5.75 Å². The lowest BCUT2D eigenvalue weighted by Gasteiger charge is -2.27. The zero-order valence-electron chi connectivity index (χ0n) is 11.6. The smallest absolute Gasteiger partial charge is 0.321 e. The molecule has 0 bridgehead atoms. The van der Waals surface area contributed by atoms with E-state index in [2.05, 4.69) is 5.32 Å². The van der Waals surface area contributed by atoms with E-state index in [-0.39, 0.29) is 11.9 Å². The molecular weight excluding hydrogens is 256 g/mol. The number of likely N-dealkylation sites (tertiary alicyclic amines) is 1. The number of amidine groups is 1. The summed E-state index contributed by atoms with van der Waals surface area (Å²) >= 11 is 0. The molecule has 0 aliphatic carbocycles. The molecule has 0 atom stereocenters. The number of amides is 2. The maximum atomic E-state index is 12.3. The third-order valence-corrected chi connectivity index (χ3v) is 3.41. The Hall–Kier alpha value is -2.24. The third kappa shape index (κ3) is 3.01. The SMILES string of the molecule is COc1cccc(C(=N)N)c1NC(=O)N1CCCCC1. The first kappa shape index (κ1) is 14.2. The second-order valence-corrected chi connectivity index (χ2v) is 4.77. The Morgan fingerprint density at radius 2 is 2.05 bits per heavy atom. The van der Waals surface area contributed by atoms with E-state index >= 15 is 0 Å². The molecule has 4 N–H and O–H groups in total. The number of benzene rings is 1. The van der Waals surface area contributed by atoms with Gasteiger partial charge < -0.3 is 20.7 Å². The van der Waals surface area contributed by atoms with Gasteiger partial charge in [-0.25, -0.2) is 4.79 Å². The molecule has 2 rings (SSSR count). The molecule has 0 aromatic heterocycles. The average molecular weight is 276 g/mol. The number of nitrogens with one attached hydrogen (secondary N) is 2. The molecular formula is C14H20N4O2. The van der Waals surface area contributed by atoms with Crippen molar-refractivity contribution in [1.82, 2.24) is 4.90 Å². The van der Waals surface area contributed by atoms with Crippen molar-refractivity contribution in [2.45, 2.75) is 19.3 Å². The predicted molar refractivity (Wildman–Crippen MR) is 78.5 cm³/mol. The van der Waals surface area contributed by atoms with Crippen LogP contribution in [-0.4, -0.2) is 37.0 Å². The van der Waals surface area contributed by atoms with Crippen LogP contribution in [0.4, 0.5) is 10.5 Å². The highest BCUT2D eigenvalue weighted by Gasteiger charge is 2.20. The van der Waals surface area contributed by atoms with Crippen molar-refractivity contribution >= 4 is 17.6 Å². The minimum Gasteiger partial charge on any atom is -0.495 e. The molecule has 2 amide bonds. The summed E-state index contributed by atoms with van der Waals surface area (Å²) in [5.74, 6) is 0.404. The molecule has 0 radical (unpaired) electrons. The van der Waals surface area contributed by atoms with Crippen molar-refractivity contribution in [2.75, 3.05) is 25.5 Å². The molecule has 1 aliphatic heterocycles. The number of carbonyl (C=O) groups is 1. The number of nitrogens with two attached hydrogens (primary N) is 1. The molecule has 1 fully saturated rings. The highest BCUT2D eigenvalue weighted by Crippen LogP contribution is 2.28. The van der Waals surface area contributed by atoms with E-state index in [0.29, 0.717) is 17.0 Å². The van der Waals surface area contributed by atoms with Gasteiger partial charge in [-0.3, -0.25) is 5.41 Å². The zero-order chi connectivity index (χ0) is 14.5. The summed E-state index contributed by atoms with van der Waals surface area (Å²) < 4.78 is 5.24. The van der Waals surface area contributed by atoms with E-state index in [1.165, 1.54) is 7.11 Å². The van der Waals surface area contributed by atoms with Gasteiger partial charge in [0.05, 0.1) is 12.8 Å². The Morgan fingerprint density at radius 3 is 2.65 bits per heavy atom. The maximum Gasteiger partial charge on any atom is 0.321 e. The number of urea groups is 1. The summed E-state index contributed by atoms with van der Waals surface area (Å²) in [6.45, 7) is 1.52. The van der Waals surface area contributed by atoms with Crippen LogP contribution in [-0.2, 0) is 0 Å². The van der Waals surface area contributed by atoms with E-state index in [1.807, 2.05) is 0 Å². The largest absolute Gasteiger partial charge is 0.495 e. The number of hydrogen-bond donors (Lipinski definition) is 3. The molecule has 0 spiro atoms. The molecule has 1 aromatic rings. The van der Waals surface area contributed by atoms with Crippen LogP contribution in [0.25, 0.3) is 0 Å². The maximum absolute atomic E-state index is 12.3. The lowest BCUT2D eigenvalue weighted by molar-refractivity contribution is 0.200. The lowest BCUT2D eigenvalue weighted by Crippen LogP contribution is -2.39. The number of hydrogen-bond acceptors (Lipinski definition) is 3.